The lowest BCUT2D eigenvalue weighted by Gasteiger charge is -2.34. The molecule has 4 heterocycles. The summed E-state index contributed by atoms with van der Waals surface area (Å²) in [4.78, 5) is 42.7. The van der Waals surface area contributed by atoms with Gasteiger partial charge in [-0.2, -0.15) is 0 Å². The number of rotatable bonds is 7. The van der Waals surface area contributed by atoms with E-state index in [1.165, 1.54) is 7.11 Å². The van der Waals surface area contributed by atoms with E-state index in [1.807, 2.05) is 17.9 Å². The Morgan fingerprint density at radius 2 is 1.81 bits per heavy atom. The van der Waals surface area contributed by atoms with E-state index in [9.17, 15) is 9.59 Å². The molecular weight excluding hydrogens is 426 g/mol. The van der Waals surface area contributed by atoms with Crippen LogP contribution in [0.25, 0.3) is 0 Å². The molecule has 4 rings (SSSR count). The SMILES string of the molecule is COC(=O)c1c(C)sc2c1C(=O)N(CCCCN1CCN(c3ncccn3)CC1)CCC2. The molecule has 8 nitrogen and oxygen atoms in total. The van der Waals surface area contributed by atoms with E-state index in [0.29, 0.717) is 11.1 Å². The fraction of sp³-hybridized carbons (Fsp3) is 0.565. The summed E-state index contributed by atoms with van der Waals surface area (Å²) in [6, 6.07) is 1.84. The average Bonchev–Trinajstić information content (AvgIpc) is 3.08. The van der Waals surface area contributed by atoms with Crippen LogP contribution < -0.4 is 4.90 Å². The highest BCUT2D eigenvalue weighted by Crippen LogP contribution is 2.33. The minimum Gasteiger partial charge on any atom is -0.465 e. The first-order valence-corrected chi connectivity index (χ1v) is 12.1. The van der Waals surface area contributed by atoms with Crippen LogP contribution in [0.5, 0.6) is 0 Å². The molecule has 0 radical (unpaired) electrons. The maximum Gasteiger partial charge on any atom is 0.339 e. The van der Waals surface area contributed by atoms with E-state index >= 15 is 0 Å². The van der Waals surface area contributed by atoms with Crippen LogP contribution in [0.15, 0.2) is 18.5 Å². The molecule has 0 aliphatic carbocycles. The highest BCUT2D eigenvalue weighted by Gasteiger charge is 2.31. The van der Waals surface area contributed by atoms with Crippen molar-refractivity contribution in [1.29, 1.82) is 0 Å². The molecule has 2 aromatic rings. The van der Waals surface area contributed by atoms with Gasteiger partial charge in [0.05, 0.1) is 18.2 Å². The van der Waals surface area contributed by atoms with Crippen molar-refractivity contribution < 1.29 is 14.3 Å². The van der Waals surface area contributed by atoms with Crippen LogP contribution >= 0.6 is 11.3 Å². The molecule has 2 aliphatic rings. The maximum atomic E-state index is 13.3. The number of nitrogens with zero attached hydrogens (tertiary/aromatic N) is 5. The Kier molecular flexibility index (Phi) is 7.36. The molecule has 1 amide bonds. The first-order valence-electron chi connectivity index (χ1n) is 11.3. The molecule has 2 aromatic heterocycles. The smallest absolute Gasteiger partial charge is 0.339 e. The minimum absolute atomic E-state index is 0.0151. The van der Waals surface area contributed by atoms with E-state index in [1.54, 1.807) is 23.7 Å². The van der Waals surface area contributed by atoms with Gasteiger partial charge in [-0.15, -0.1) is 11.3 Å². The molecule has 0 N–H and O–H groups in total. The Hall–Kier alpha value is -2.52. The van der Waals surface area contributed by atoms with Gasteiger partial charge in [-0.1, -0.05) is 0 Å². The number of hydrogen-bond donors (Lipinski definition) is 0. The normalized spacial score (nSPS) is 17.2. The van der Waals surface area contributed by atoms with E-state index < -0.39 is 5.97 Å². The third-order valence-electron chi connectivity index (χ3n) is 6.24. The lowest BCUT2D eigenvalue weighted by atomic mass is 10.1. The number of anilines is 1. The molecule has 1 fully saturated rings. The molecule has 2 aliphatic heterocycles. The number of esters is 1. The zero-order valence-electron chi connectivity index (χ0n) is 18.9. The van der Waals surface area contributed by atoms with Gasteiger partial charge in [-0.3, -0.25) is 9.69 Å². The Balaban J connectivity index is 1.26. The van der Waals surface area contributed by atoms with Crippen LogP contribution in [-0.2, 0) is 11.2 Å². The molecule has 0 atom stereocenters. The predicted octanol–water partition coefficient (Wildman–Crippen LogP) is 2.62. The summed E-state index contributed by atoms with van der Waals surface area (Å²) in [5, 5.41) is 0. The first-order chi connectivity index (χ1) is 15.6. The number of hydrogen-bond acceptors (Lipinski definition) is 8. The van der Waals surface area contributed by atoms with Crippen molar-refractivity contribution in [2.24, 2.45) is 0 Å². The molecule has 0 aromatic carbocycles. The summed E-state index contributed by atoms with van der Waals surface area (Å²) < 4.78 is 4.95. The van der Waals surface area contributed by atoms with E-state index in [0.717, 1.165) is 87.2 Å². The van der Waals surface area contributed by atoms with Gasteiger partial charge >= 0.3 is 5.97 Å². The summed E-state index contributed by atoms with van der Waals surface area (Å²) in [6.45, 7) is 8.27. The van der Waals surface area contributed by atoms with Crippen molar-refractivity contribution >= 4 is 29.2 Å². The molecule has 0 saturated carbocycles. The Bertz CT molecular complexity index is 941. The van der Waals surface area contributed by atoms with Gasteiger partial charge in [-0.05, 0) is 45.2 Å². The topological polar surface area (TPSA) is 78.9 Å². The van der Waals surface area contributed by atoms with Gasteiger partial charge in [0, 0.05) is 61.4 Å². The second kappa shape index (κ2) is 10.4. The van der Waals surface area contributed by atoms with Gasteiger partial charge in [0.2, 0.25) is 5.95 Å². The fourth-order valence-electron chi connectivity index (χ4n) is 4.52. The predicted molar refractivity (Wildman–Crippen MR) is 125 cm³/mol. The number of carbonyl (C=O) groups excluding carboxylic acids is 2. The number of ether oxygens (including phenoxy) is 1. The van der Waals surface area contributed by atoms with Crippen molar-refractivity contribution in [3.05, 3.63) is 39.3 Å². The van der Waals surface area contributed by atoms with Gasteiger partial charge < -0.3 is 14.5 Å². The standard InChI is InChI=1S/C23H31N5O3S/c1-17-19(22(30)31-2)20-18(32-17)7-5-12-27(21(20)29)11-4-3-10-26-13-15-28(16-14-26)23-24-8-6-9-25-23/h6,8-9H,3-5,7,10-16H2,1-2H3. The van der Waals surface area contributed by atoms with Crippen LogP contribution in [0.3, 0.4) is 0 Å². The van der Waals surface area contributed by atoms with Crippen molar-refractivity contribution in [2.45, 2.75) is 32.6 Å². The number of methoxy groups -OCH3 is 1. The van der Waals surface area contributed by atoms with Gasteiger partial charge in [-0.25, -0.2) is 14.8 Å². The van der Waals surface area contributed by atoms with Gasteiger partial charge in [0.25, 0.3) is 5.91 Å². The zero-order valence-corrected chi connectivity index (χ0v) is 19.7. The van der Waals surface area contributed by atoms with Crippen LogP contribution in [0.1, 0.15) is 49.7 Å². The molecule has 0 spiro atoms. The third kappa shape index (κ3) is 4.94. The number of aryl methyl sites for hydroxylation is 2. The number of fused-ring (bicyclic) bond motifs is 1. The number of carbonyl (C=O) groups is 2. The number of piperazine rings is 1. The van der Waals surface area contributed by atoms with Crippen molar-refractivity contribution in [1.82, 2.24) is 19.8 Å². The third-order valence-corrected chi connectivity index (χ3v) is 7.40. The summed E-state index contributed by atoms with van der Waals surface area (Å²) in [5.41, 5.74) is 1.04. The van der Waals surface area contributed by atoms with Crippen LogP contribution in [0.2, 0.25) is 0 Å². The van der Waals surface area contributed by atoms with Crippen LogP contribution in [0.4, 0.5) is 5.95 Å². The molecule has 0 bridgehead atoms. The summed E-state index contributed by atoms with van der Waals surface area (Å²) >= 11 is 1.56. The average molecular weight is 458 g/mol. The monoisotopic (exact) mass is 457 g/mol. The summed E-state index contributed by atoms with van der Waals surface area (Å²) in [5.74, 6) is 0.384. The zero-order chi connectivity index (χ0) is 22.5. The largest absolute Gasteiger partial charge is 0.465 e. The second-order valence-electron chi connectivity index (χ2n) is 8.30. The van der Waals surface area contributed by atoms with E-state index in [4.69, 9.17) is 4.74 Å². The molecule has 9 heteroatoms. The quantitative estimate of drug-likeness (QED) is 0.467. The molecule has 0 unspecified atom stereocenters. The number of unbranched alkanes of at least 4 members (excludes halogenated alkanes) is 1. The van der Waals surface area contributed by atoms with Crippen molar-refractivity contribution in [3.8, 4) is 0 Å². The van der Waals surface area contributed by atoms with Crippen molar-refractivity contribution in [2.75, 3.05) is 57.8 Å². The van der Waals surface area contributed by atoms with E-state index in [-0.39, 0.29) is 5.91 Å². The van der Waals surface area contributed by atoms with Crippen LogP contribution in [-0.4, -0.2) is 84.6 Å². The second-order valence-corrected chi connectivity index (χ2v) is 9.61. The molecule has 172 valence electrons. The fourth-order valence-corrected chi connectivity index (χ4v) is 5.71. The molecular formula is C23H31N5O3S. The van der Waals surface area contributed by atoms with Gasteiger partial charge in [0.1, 0.15) is 0 Å². The Morgan fingerprint density at radius 1 is 1.09 bits per heavy atom. The molecule has 1 saturated heterocycles. The summed E-state index contributed by atoms with van der Waals surface area (Å²) in [6.07, 6.45) is 7.35. The Morgan fingerprint density at radius 3 is 2.53 bits per heavy atom. The molecule has 32 heavy (non-hydrogen) atoms. The number of thiophene rings is 1. The number of amides is 1. The first kappa shape index (κ1) is 22.7. The highest BCUT2D eigenvalue weighted by molar-refractivity contribution is 7.12. The van der Waals surface area contributed by atoms with Crippen molar-refractivity contribution in [3.63, 3.8) is 0 Å². The van der Waals surface area contributed by atoms with E-state index in [2.05, 4.69) is 19.8 Å². The summed E-state index contributed by atoms with van der Waals surface area (Å²) in [7, 11) is 1.37. The highest BCUT2D eigenvalue weighted by atomic mass is 32.1. The van der Waals surface area contributed by atoms with Gasteiger partial charge in [0.15, 0.2) is 0 Å². The Labute approximate surface area is 193 Å². The van der Waals surface area contributed by atoms with Crippen LogP contribution in [0, 0.1) is 6.92 Å². The lowest BCUT2D eigenvalue weighted by Crippen LogP contribution is -2.47. The number of aromatic nitrogens is 2. The maximum absolute atomic E-state index is 13.3. The lowest BCUT2D eigenvalue weighted by molar-refractivity contribution is 0.0590. The minimum atomic E-state index is -0.407.